The third kappa shape index (κ3) is 3.64. The van der Waals surface area contributed by atoms with Crippen LogP contribution in [0.25, 0.3) is 0 Å². The largest absolute Gasteiger partial charge is 0.496 e. The molecule has 1 heterocycles. The van der Waals surface area contributed by atoms with Gasteiger partial charge in [-0.25, -0.2) is 4.39 Å². The lowest BCUT2D eigenvalue weighted by molar-refractivity contribution is -0.145. The van der Waals surface area contributed by atoms with Crippen molar-refractivity contribution in [1.82, 2.24) is 9.80 Å². The highest BCUT2D eigenvalue weighted by Gasteiger charge is 2.39. The molecule has 0 amide bonds. The normalized spacial score (nSPS) is 20.2. The quantitative estimate of drug-likeness (QED) is 0.901. The molecule has 0 saturated carbocycles. The molecule has 23 heavy (non-hydrogen) atoms. The molecule has 0 bridgehead atoms. The Bertz CT molecular complexity index is 577. The molecule has 1 saturated heterocycles. The minimum absolute atomic E-state index is 0.138. The van der Waals surface area contributed by atoms with Gasteiger partial charge in [0.15, 0.2) is 0 Å². The Morgan fingerprint density at radius 2 is 2.13 bits per heavy atom. The van der Waals surface area contributed by atoms with Gasteiger partial charge >= 0.3 is 5.97 Å². The second-order valence-electron chi connectivity index (χ2n) is 6.49. The fraction of sp³-hybridized carbons (Fsp3) is 0.588. The van der Waals surface area contributed by atoms with Crippen molar-refractivity contribution in [3.63, 3.8) is 0 Å². The molecule has 6 heteroatoms. The number of carboxylic acid groups (broad SMARTS) is 1. The molecule has 1 atom stereocenters. The molecular weight excluding hydrogens is 299 g/mol. The van der Waals surface area contributed by atoms with Gasteiger partial charge in [0.25, 0.3) is 0 Å². The number of aliphatic carboxylic acids is 1. The highest BCUT2D eigenvalue weighted by molar-refractivity contribution is 5.76. The van der Waals surface area contributed by atoms with Crippen LogP contribution >= 0.6 is 0 Å². The smallest absolute Gasteiger partial charge is 0.325 e. The van der Waals surface area contributed by atoms with Crippen LogP contribution in [0.1, 0.15) is 32.4 Å². The SMILES string of the molecule is CCN1CCN([C@H](C(=O)O)c2cc(F)ccc2OC)CC1(C)C. The first-order valence-electron chi connectivity index (χ1n) is 7.85. The van der Waals surface area contributed by atoms with Crippen LogP contribution in [0.5, 0.6) is 5.75 Å². The van der Waals surface area contributed by atoms with Gasteiger partial charge in [0.1, 0.15) is 17.6 Å². The van der Waals surface area contributed by atoms with Crippen molar-refractivity contribution in [3.8, 4) is 5.75 Å². The zero-order valence-electron chi connectivity index (χ0n) is 14.2. The minimum Gasteiger partial charge on any atom is -0.496 e. The molecule has 0 spiro atoms. The molecule has 0 unspecified atom stereocenters. The molecule has 0 radical (unpaired) electrons. The van der Waals surface area contributed by atoms with Crippen LogP contribution in [0.2, 0.25) is 0 Å². The summed E-state index contributed by atoms with van der Waals surface area (Å²) in [7, 11) is 1.47. The second kappa shape index (κ2) is 6.84. The molecule has 1 aromatic carbocycles. The summed E-state index contributed by atoms with van der Waals surface area (Å²) >= 11 is 0. The van der Waals surface area contributed by atoms with E-state index in [1.807, 2.05) is 4.90 Å². The number of piperazine rings is 1. The number of carbonyl (C=O) groups is 1. The monoisotopic (exact) mass is 324 g/mol. The Labute approximate surface area is 136 Å². The minimum atomic E-state index is -0.991. The van der Waals surface area contributed by atoms with Crippen molar-refractivity contribution in [2.75, 3.05) is 33.3 Å². The molecule has 1 aromatic rings. The van der Waals surface area contributed by atoms with E-state index in [9.17, 15) is 14.3 Å². The fourth-order valence-electron chi connectivity index (χ4n) is 3.44. The van der Waals surface area contributed by atoms with Crippen LogP contribution in [-0.4, -0.2) is 59.7 Å². The van der Waals surface area contributed by atoms with Gasteiger partial charge in [-0.15, -0.1) is 0 Å². The summed E-state index contributed by atoms with van der Waals surface area (Å²) in [6.07, 6.45) is 0. The van der Waals surface area contributed by atoms with Crippen molar-refractivity contribution < 1.29 is 19.0 Å². The van der Waals surface area contributed by atoms with Crippen molar-refractivity contribution >= 4 is 5.97 Å². The lowest BCUT2D eigenvalue weighted by Gasteiger charge is -2.48. The van der Waals surface area contributed by atoms with Crippen molar-refractivity contribution in [3.05, 3.63) is 29.6 Å². The van der Waals surface area contributed by atoms with E-state index in [1.165, 1.54) is 25.3 Å². The summed E-state index contributed by atoms with van der Waals surface area (Å²) < 4.78 is 18.9. The third-order valence-electron chi connectivity index (χ3n) is 4.57. The number of hydrogen-bond donors (Lipinski definition) is 1. The van der Waals surface area contributed by atoms with Crippen LogP contribution in [0.15, 0.2) is 18.2 Å². The van der Waals surface area contributed by atoms with E-state index < -0.39 is 17.8 Å². The summed E-state index contributed by atoms with van der Waals surface area (Å²) in [5.41, 5.74) is 0.224. The first-order chi connectivity index (χ1) is 10.8. The molecule has 1 aliphatic rings. The molecule has 0 aliphatic carbocycles. The predicted molar refractivity (Wildman–Crippen MR) is 86.2 cm³/mol. The van der Waals surface area contributed by atoms with Gasteiger partial charge in [-0.05, 0) is 38.6 Å². The van der Waals surface area contributed by atoms with Crippen LogP contribution in [0.3, 0.4) is 0 Å². The van der Waals surface area contributed by atoms with Crippen LogP contribution < -0.4 is 4.74 Å². The summed E-state index contributed by atoms with van der Waals surface area (Å²) in [6.45, 7) is 9.22. The number of benzene rings is 1. The Balaban J connectivity index is 2.37. The van der Waals surface area contributed by atoms with E-state index in [4.69, 9.17) is 4.74 Å². The molecule has 5 nitrogen and oxygen atoms in total. The number of methoxy groups -OCH3 is 1. The first-order valence-corrected chi connectivity index (χ1v) is 7.85. The van der Waals surface area contributed by atoms with Gasteiger partial charge in [-0.3, -0.25) is 14.6 Å². The Morgan fingerprint density at radius 3 is 2.65 bits per heavy atom. The summed E-state index contributed by atoms with van der Waals surface area (Å²) in [5, 5.41) is 9.75. The number of likely N-dealkylation sites (N-methyl/N-ethyl adjacent to an activating group) is 1. The number of halogens is 1. The summed E-state index contributed by atoms with van der Waals surface area (Å²) in [4.78, 5) is 16.1. The van der Waals surface area contributed by atoms with E-state index in [1.54, 1.807) is 0 Å². The Kier molecular flexibility index (Phi) is 5.26. The van der Waals surface area contributed by atoms with Crippen molar-refractivity contribution in [1.29, 1.82) is 0 Å². The molecule has 0 aromatic heterocycles. The van der Waals surface area contributed by atoms with E-state index >= 15 is 0 Å². The molecular formula is C17H25FN2O3. The van der Waals surface area contributed by atoms with Gasteiger partial charge < -0.3 is 9.84 Å². The summed E-state index contributed by atoms with van der Waals surface area (Å²) in [6, 6.07) is 3.10. The lowest BCUT2D eigenvalue weighted by atomic mass is 9.95. The zero-order valence-corrected chi connectivity index (χ0v) is 14.2. The number of rotatable bonds is 5. The maximum absolute atomic E-state index is 13.7. The zero-order chi connectivity index (χ0) is 17.2. The average Bonchev–Trinajstić information content (AvgIpc) is 2.46. The van der Waals surface area contributed by atoms with Gasteiger partial charge in [0, 0.05) is 30.7 Å². The van der Waals surface area contributed by atoms with Crippen molar-refractivity contribution in [2.24, 2.45) is 0 Å². The average molecular weight is 324 g/mol. The fourth-order valence-corrected chi connectivity index (χ4v) is 3.44. The van der Waals surface area contributed by atoms with E-state index in [0.29, 0.717) is 24.4 Å². The second-order valence-corrected chi connectivity index (χ2v) is 6.49. The summed E-state index contributed by atoms with van der Waals surface area (Å²) in [5.74, 6) is -1.05. The third-order valence-corrected chi connectivity index (χ3v) is 4.57. The number of carboxylic acids is 1. The highest BCUT2D eigenvalue weighted by Crippen LogP contribution is 2.33. The van der Waals surface area contributed by atoms with Crippen molar-refractivity contribution in [2.45, 2.75) is 32.4 Å². The molecule has 128 valence electrons. The van der Waals surface area contributed by atoms with Crippen LogP contribution in [0, 0.1) is 5.82 Å². The molecule has 1 fully saturated rings. The highest BCUT2D eigenvalue weighted by atomic mass is 19.1. The molecule has 1 N–H and O–H groups in total. The Hall–Kier alpha value is -1.66. The van der Waals surface area contributed by atoms with E-state index in [2.05, 4.69) is 25.7 Å². The topological polar surface area (TPSA) is 53.0 Å². The van der Waals surface area contributed by atoms with E-state index in [-0.39, 0.29) is 5.54 Å². The van der Waals surface area contributed by atoms with Gasteiger partial charge in [0.05, 0.1) is 7.11 Å². The number of ether oxygens (including phenoxy) is 1. The van der Waals surface area contributed by atoms with Crippen LogP contribution in [-0.2, 0) is 4.79 Å². The maximum atomic E-state index is 13.7. The number of nitrogens with zero attached hydrogens (tertiary/aromatic N) is 2. The Morgan fingerprint density at radius 1 is 1.43 bits per heavy atom. The van der Waals surface area contributed by atoms with E-state index in [0.717, 1.165) is 13.1 Å². The standard InChI is InChI=1S/C17H25FN2O3/c1-5-20-9-8-19(11-17(20,2)3)15(16(21)22)13-10-12(18)6-7-14(13)23-4/h6-7,10,15H,5,8-9,11H2,1-4H3,(H,21,22)/t15-/m0/s1. The van der Waals surface area contributed by atoms with Crippen LogP contribution in [0.4, 0.5) is 4.39 Å². The molecule has 1 aliphatic heterocycles. The number of hydrogen-bond acceptors (Lipinski definition) is 4. The first kappa shape index (κ1) is 17.7. The molecule has 2 rings (SSSR count). The van der Waals surface area contributed by atoms with Gasteiger partial charge in [0.2, 0.25) is 0 Å². The maximum Gasteiger partial charge on any atom is 0.325 e. The van der Waals surface area contributed by atoms with Gasteiger partial charge in [-0.2, -0.15) is 0 Å². The lowest BCUT2D eigenvalue weighted by Crippen LogP contribution is -2.60. The predicted octanol–water partition coefficient (Wildman–Crippen LogP) is 2.38. The van der Waals surface area contributed by atoms with Gasteiger partial charge in [-0.1, -0.05) is 6.92 Å².